The van der Waals surface area contributed by atoms with Gasteiger partial charge in [0.1, 0.15) is 0 Å². The quantitative estimate of drug-likeness (QED) is 0.0753. The molecule has 0 radical (unpaired) electrons. The number of hydrogen-bond acceptors (Lipinski definition) is 2. The molecule has 1 unspecified atom stereocenters. The van der Waals surface area contributed by atoms with E-state index in [9.17, 15) is 0 Å². The van der Waals surface area contributed by atoms with Crippen LogP contribution in [-0.2, 0) is 17.1 Å². The first-order valence-electron chi connectivity index (χ1n) is 17.9. The van der Waals surface area contributed by atoms with Crippen molar-refractivity contribution in [1.82, 2.24) is 9.80 Å². The largest absolute Gasteiger partial charge is 0.747 e. The third-order valence-electron chi connectivity index (χ3n) is 9.61. The molecule has 1 aliphatic rings. The fourth-order valence-electron chi connectivity index (χ4n) is 6.77. The minimum atomic E-state index is -0.549. The number of rotatable bonds is 11. The van der Waals surface area contributed by atoms with Crippen molar-refractivity contribution in [2.24, 2.45) is 0 Å². The molecule has 264 valence electrons. The molecule has 2 nitrogen and oxygen atoms in total. The van der Waals surface area contributed by atoms with Crippen LogP contribution in [0.1, 0.15) is 44.2 Å². The predicted octanol–water partition coefficient (Wildman–Crippen LogP) is 8.19. The van der Waals surface area contributed by atoms with Crippen molar-refractivity contribution in [2.45, 2.75) is 38.6 Å². The fourth-order valence-corrected chi connectivity index (χ4v) is 11.6. The van der Waals surface area contributed by atoms with Gasteiger partial charge >= 0.3 is 0 Å². The molecule has 1 heterocycles. The Morgan fingerprint density at radius 1 is 0.640 bits per heavy atom. The van der Waals surface area contributed by atoms with Crippen LogP contribution >= 0.6 is 15.8 Å². The van der Waals surface area contributed by atoms with E-state index >= 15 is 0 Å². The molecule has 0 amide bonds. The second kappa shape index (κ2) is 20.1. The zero-order valence-electron chi connectivity index (χ0n) is 29.5. The van der Waals surface area contributed by atoms with Gasteiger partial charge in [0.05, 0.1) is 0 Å². The van der Waals surface area contributed by atoms with Crippen LogP contribution < -0.4 is 31.8 Å². The molecule has 0 bridgehead atoms. The minimum Gasteiger partial charge on any atom is -0.747 e. The SMILES string of the molecule is CC([c-]1cccc1P(c1ccccc1)c1ccccc1)N(C)CCN1CCCCCC1.[Fe].c1ccc(P(c2ccccc2)[c-]2[cH-][cH-][cH-][cH-]2)cc1. The van der Waals surface area contributed by atoms with Crippen molar-refractivity contribution in [3.63, 3.8) is 0 Å². The van der Waals surface area contributed by atoms with E-state index in [1.807, 2.05) is 0 Å². The van der Waals surface area contributed by atoms with Gasteiger partial charge in [0.15, 0.2) is 0 Å². The van der Waals surface area contributed by atoms with E-state index < -0.39 is 15.8 Å². The number of hydrogen-bond donors (Lipinski definition) is 0. The van der Waals surface area contributed by atoms with E-state index in [0.29, 0.717) is 6.04 Å². The standard InChI is InChI=1S/C28H36N2P.C17H14P.Fe/c1-24(29(2)22-23-30-20-11-3-4-12-21-30)27-18-13-19-28(27)31(25-14-7-5-8-15-25)26-16-9-6-10-17-26;1-3-9-15(10-4-1)18(17-13-7-8-14-17)16-11-5-2-6-12-16;/h5-10,13-19,24H,3-4,11-12,20-23H2,1-2H3;1-14H;/q-1;-5;. The Labute approximate surface area is 314 Å². The maximum atomic E-state index is 2.67. The first kappa shape index (κ1) is 38.1. The number of likely N-dealkylation sites (tertiary alicyclic amines) is 1. The van der Waals surface area contributed by atoms with Gasteiger partial charge < -0.3 is 39.4 Å². The average Bonchev–Trinajstić information content (AvgIpc) is 3.80. The summed E-state index contributed by atoms with van der Waals surface area (Å²) in [5.41, 5.74) is 1.48. The second-order valence-electron chi connectivity index (χ2n) is 12.9. The molecular formula is C45H50FeN2P2-6. The number of benzene rings is 4. The number of nitrogens with zero attached hydrogens (tertiary/aromatic N) is 2. The van der Waals surface area contributed by atoms with Crippen molar-refractivity contribution >= 4 is 47.7 Å². The van der Waals surface area contributed by atoms with Gasteiger partial charge in [-0.15, -0.1) is 10.9 Å². The summed E-state index contributed by atoms with van der Waals surface area (Å²) in [4.78, 5) is 5.22. The molecular weight excluding hydrogens is 686 g/mol. The first-order chi connectivity index (χ1) is 24.2. The smallest absolute Gasteiger partial charge is 0.0109 e. The summed E-state index contributed by atoms with van der Waals surface area (Å²) >= 11 is 0. The Kier molecular flexibility index (Phi) is 15.3. The van der Waals surface area contributed by atoms with E-state index in [-0.39, 0.29) is 17.1 Å². The maximum absolute atomic E-state index is 2.67. The molecule has 0 spiro atoms. The molecule has 1 aliphatic heterocycles. The number of likely N-dealkylation sites (N-methyl/N-ethyl adjacent to an activating group) is 1. The van der Waals surface area contributed by atoms with Crippen molar-refractivity contribution in [3.8, 4) is 0 Å². The Hall–Kier alpha value is -3.12. The van der Waals surface area contributed by atoms with Gasteiger partial charge in [-0.05, 0) is 57.6 Å². The summed E-state index contributed by atoms with van der Waals surface area (Å²) in [6.45, 7) is 7.24. The van der Waals surface area contributed by atoms with Crippen LogP contribution in [0.5, 0.6) is 0 Å². The van der Waals surface area contributed by atoms with Gasteiger partial charge in [-0.25, -0.2) is 20.1 Å². The van der Waals surface area contributed by atoms with Gasteiger partial charge in [0.25, 0.3) is 0 Å². The normalized spacial score (nSPS) is 14.1. The summed E-state index contributed by atoms with van der Waals surface area (Å²) < 4.78 is 0. The van der Waals surface area contributed by atoms with E-state index in [2.05, 4.69) is 188 Å². The van der Waals surface area contributed by atoms with Crippen molar-refractivity contribution in [3.05, 3.63) is 169 Å². The van der Waals surface area contributed by atoms with Gasteiger partial charge in [-0.1, -0.05) is 152 Å². The van der Waals surface area contributed by atoms with Crippen LogP contribution in [0, 0.1) is 0 Å². The van der Waals surface area contributed by atoms with Gasteiger partial charge in [-0.2, -0.15) is 6.07 Å². The van der Waals surface area contributed by atoms with E-state index in [1.54, 1.807) is 0 Å². The summed E-state index contributed by atoms with van der Waals surface area (Å²) in [6, 6.07) is 59.7. The van der Waals surface area contributed by atoms with Crippen molar-refractivity contribution in [2.75, 3.05) is 33.2 Å². The topological polar surface area (TPSA) is 6.48 Å². The molecule has 5 heteroatoms. The van der Waals surface area contributed by atoms with Crippen LogP contribution in [0.3, 0.4) is 0 Å². The van der Waals surface area contributed by atoms with Crippen LogP contribution in [0.15, 0.2) is 164 Å². The van der Waals surface area contributed by atoms with Crippen molar-refractivity contribution in [1.29, 1.82) is 0 Å². The molecule has 1 fully saturated rings. The second-order valence-corrected chi connectivity index (χ2v) is 17.3. The molecule has 7 rings (SSSR count). The molecule has 1 atom stereocenters. The van der Waals surface area contributed by atoms with E-state index in [1.165, 1.54) is 82.7 Å². The minimum absolute atomic E-state index is 0. The average molecular weight is 737 g/mol. The summed E-state index contributed by atoms with van der Waals surface area (Å²) in [5.74, 6) is 0. The Morgan fingerprint density at radius 2 is 1.10 bits per heavy atom. The Balaban J connectivity index is 0.000000217. The van der Waals surface area contributed by atoms with E-state index in [0.717, 1.165) is 6.54 Å². The predicted molar refractivity (Wildman–Crippen MR) is 217 cm³/mol. The van der Waals surface area contributed by atoms with Crippen LogP contribution in [0.2, 0.25) is 0 Å². The fraction of sp³-hybridized carbons (Fsp3) is 0.244. The Morgan fingerprint density at radius 3 is 1.58 bits per heavy atom. The third kappa shape index (κ3) is 10.2. The molecule has 6 aromatic rings. The van der Waals surface area contributed by atoms with Gasteiger partial charge in [-0.3, -0.25) is 0 Å². The van der Waals surface area contributed by atoms with Gasteiger partial charge in [0.2, 0.25) is 0 Å². The molecule has 0 N–H and O–H groups in total. The monoisotopic (exact) mass is 736 g/mol. The molecule has 6 aromatic carbocycles. The molecule has 0 aliphatic carbocycles. The molecule has 50 heavy (non-hydrogen) atoms. The maximum Gasteiger partial charge on any atom is 0.0109 e. The summed E-state index contributed by atoms with van der Waals surface area (Å²) in [5, 5.41) is 8.59. The zero-order valence-corrected chi connectivity index (χ0v) is 32.4. The molecule has 0 saturated carbocycles. The van der Waals surface area contributed by atoms with Gasteiger partial charge in [0, 0.05) is 30.2 Å². The van der Waals surface area contributed by atoms with Crippen LogP contribution in [-0.4, -0.2) is 43.0 Å². The first-order valence-corrected chi connectivity index (χ1v) is 20.6. The van der Waals surface area contributed by atoms with E-state index in [4.69, 9.17) is 0 Å². The summed E-state index contributed by atoms with van der Waals surface area (Å²) in [6.07, 6.45) is 5.54. The van der Waals surface area contributed by atoms with Crippen LogP contribution in [0.4, 0.5) is 0 Å². The third-order valence-corrected chi connectivity index (χ3v) is 14.6. The Bertz CT molecular complexity index is 1670. The molecule has 0 aromatic heterocycles. The zero-order chi connectivity index (χ0) is 33.7. The van der Waals surface area contributed by atoms with Crippen LogP contribution in [0.25, 0.3) is 0 Å². The summed E-state index contributed by atoms with van der Waals surface area (Å²) in [7, 11) is 1.34. The molecule has 1 saturated heterocycles. The van der Waals surface area contributed by atoms with Crippen molar-refractivity contribution < 1.29 is 17.1 Å².